The third kappa shape index (κ3) is 16.8. The lowest BCUT2D eigenvalue weighted by Gasteiger charge is -2.28. The van der Waals surface area contributed by atoms with Crippen LogP contribution < -0.4 is 0 Å². The van der Waals surface area contributed by atoms with E-state index in [9.17, 15) is 0 Å². The molecule has 0 spiro atoms. The fourth-order valence-corrected chi connectivity index (χ4v) is 14.7. The van der Waals surface area contributed by atoms with Gasteiger partial charge in [0, 0.05) is 63.2 Å². The quantitative estimate of drug-likeness (QED) is 0.0737. The van der Waals surface area contributed by atoms with Gasteiger partial charge in [-0.2, -0.15) is 0 Å². The van der Waals surface area contributed by atoms with Crippen molar-refractivity contribution in [3.63, 3.8) is 0 Å². The zero-order chi connectivity index (χ0) is 22.6. The van der Waals surface area contributed by atoms with Gasteiger partial charge >= 0.3 is 17.6 Å². The maximum Gasteiger partial charge on any atom is 0.500 e. The Morgan fingerprint density at radius 1 is 0.484 bits per heavy atom. The molecule has 0 N–H and O–H groups in total. The van der Waals surface area contributed by atoms with Crippen LogP contribution in [0, 0.1) is 0 Å². The van der Waals surface area contributed by atoms with Gasteiger partial charge in [0.1, 0.15) is 0 Å². The first kappa shape index (κ1) is 34.8. The molecular formula is C19H46O6S4Si2. The lowest BCUT2D eigenvalue weighted by molar-refractivity contribution is 0.0704. The van der Waals surface area contributed by atoms with Crippen molar-refractivity contribution in [2.24, 2.45) is 0 Å². The Kier molecular flexibility index (Phi) is 26.2. The summed E-state index contributed by atoms with van der Waals surface area (Å²) in [5.74, 6) is 2.13. The van der Waals surface area contributed by atoms with Gasteiger partial charge in [0.2, 0.25) is 0 Å². The molecular weight excluding hydrogens is 509 g/mol. The molecule has 6 nitrogen and oxygen atoms in total. The standard InChI is InChI=1S/C18H42O6S4Si2.CH4/c1-7-19-29(20-8-2,21-9-3)17-13-15-25-27-28-26-16-14-18-30(22-10-4,23-11-5)24-12-6;/h7-18H2,1-6H3;1H4. The summed E-state index contributed by atoms with van der Waals surface area (Å²) in [5.41, 5.74) is 0. The topological polar surface area (TPSA) is 55.4 Å². The van der Waals surface area contributed by atoms with Gasteiger partial charge in [-0.05, 0) is 74.0 Å². The highest BCUT2D eigenvalue weighted by atomic mass is 33.7. The van der Waals surface area contributed by atoms with E-state index < -0.39 is 17.6 Å². The summed E-state index contributed by atoms with van der Waals surface area (Å²) < 4.78 is 35.4. The molecule has 0 aromatic heterocycles. The molecule has 12 heteroatoms. The van der Waals surface area contributed by atoms with Crippen LogP contribution >= 0.6 is 41.2 Å². The molecule has 0 aliphatic carbocycles. The van der Waals surface area contributed by atoms with Crippen molar-refractivity contribution >= 4 is 58.8 Å². The predicted molar refractivity (Wildman–Crippen MR) is 147 cm³/mol. The van der Waals surface area contributed by atoms with Crippen LogP contribution in [-0.4, -0.2) is 68.8 Å². The number of rotatable bonds is 23. The molecule has 0 aromatic carbocycles. The van der Waals surface area contributed by atoms with Crippen molar-refractivity contribution in [1.29, 1.82) is 0 Å². The lowest BCUT2D eigenvalue weighted by atomic mass is 10.6. The van der Waals surface area contributed by atoms with E-state index in [1.807, 2.05) is 82.8 Å². The average Bonchev–Trinajstić information content (AvgIpc) is 2.70. The molecule has 0 heterocycles. The van der Waals surface area contributed by atoms with Crippen LogP contribution in [0.4, 0.5) is 0 Å². The van der Waals surface area contributed by atoms with Crippen molar-refractivity contribution < 1.29 is 26.6 Å². The van der Waals surface area contributed by atoms with Gasteiger partial charge in [-0.15, -0.1) is 0 Å². The normalized spacial score (nSPS) is 12.2. The minimum absolute atomic E-state index is 0. The average molecular weight is 555 g/mol. The highest BCUT2D eigenvalue weighted by Crippen LogP contribution is 2.44. The fourth-order valence-electron chi connectivity index (χ4n) is 2.81. The third-order valence-corrected chi connectivity index (χ3v) is 16.7. The Morgan fingerprint density at radius 2 is 0.742 bits per heavy atom. The first-order valence-electron chi connectivity index (χ1n) is 11.0. The Balaban J connectivity index is 0. The molecule has 0 aromatic rings. The van der Waals surface area contributed by atoms with E-state index in [1.54, 1.807) is 0 Å². The minimum atomic E-state index is -2.49. The summed E-state index contributed by atoms with van der Waals surface area (Å²) in [5, 5.41) is 0. The second-order valence-corrected chi connectivity index (χ2v) is 17.7. The largest absolute Gasteiger partial charge is 0.500 e. The van der Waals surface area contributed by atoms with Crippen LogP contribution in [0.15, 0.2) is 0 Å². The van der Waals surface area contributed by atoms with Gasteiger partial charge in [0.05, 0.1) is 0 Å². The molecule has 190 valence electrons. The van der Waals surface area contributed by atoms with E-state index in [2.05, 4.69) is 0 Å². The van der Waals surface area contributed by atoms with Crippen LogP contribution in [0.5, 0.6) is 0 Å². The summed E-state index contributed by atoms with van der Waals surface area (Å²) in [6, 6.07) is 1.76. The zero-order valence-corrected chi connectivity index (χ0v) is 24.8. The first-order valence-corrected chi connectivity index (χ1v) is 20.0. The highest BCUT2D eigenvalue weighted by Gasteiger charge is 2.40. The van der Waals surface area contributed by atoms with Gasteiger partial charge < -0.3 is 26.6 Å². The van der Waals surface area contributed by atoms with Gasteiger partial charge in [0.25, 0.3) is 0 Å². The molecule has 0 amide bonds. The monoisotopic (exact) mass is 554 g/mol. The van der Waals surface area contributed by atoms with E-state index in [0.717, 1.165) is 36.4 Å². The van der Waals surface area contributed by atoms with Crippen LogP contribution in [0.2, 0.25) is 12.1 Å². The fraction of sp³-hybridized carbons (Fsp3) is 1.00. The smallest absolute Gasteiger partial charge is 0.374 e. The Morgan fingerprint density at radius 3 is 0.968 bits per heavy atom. The maximum absolute atomic E-state index is 5.90. The van der Waals surface area contributed by atoms with Crippen LogP contribution in [0.25, 0.3) is 0 Å². The lowest BCUT2D eigenvalue weighted by Crippen LogP contribution is -2.46. The van der Waals surface area contributed by atoms with Gasteiger partial charge in [-0.25, -0.2) is 0 Å². The molecule has 0 rings (SSSR count). The van der Waals surface area contributed by atoms with Crippen molar-refractivity contribution in [1.82, 2.24) is 0 Å². The van der Waals surface area contributed by atoms with Gasteiger partial charge in [-0.1, -0.05) is 29.0 Å². The minimum Gasteiger partial charge on any atom is -0.374 e. The van der Waals surface area contributed by atoms with Crippen molar-refractivity contribution in [2.45, 2.75) is 73.9 Å². The van der Waals surface area contributed by atoms with Crippen LogP contribution in [-0.2, 0) is 26.6 Å². The molecule has 0 radical (unpaired) electrons. The maximum atomic E-state index is 5.90. The highest BCUT2D eigenvalue weighted by molar-refractivity contribution is 9.26. The number of hydrogen-bond donors (Lipinski definition) is 0. The van der Waals surface area contributed by atoms with E-state index in [0.29, 0.717) is 39.6 Å². The Bertz CT molecular complexity index is 321. The van der Waals surface area contributed by atoms with Crippen molar-refractivity contribution in [2.75, 3.05) is 51.1 Å². The Hall–Kier alpha value is 1.59. The first-order chi connectivity index (χ1) is 14.6. The predicted octanol–water partition coefficient (Wildman–Crippen LogP) is 7.18. The third-order valence-electron chi connectivity index (χ3n) is 3.73. The molecule has 0 fully saturated rings. The molecule has 0 atom stereocenters. The SMILES string of the molecule is C.CCO[Si](CCCSSSSCCC[Si](OCC)(OCC)OCC)(OCC)OCC. The second-order valence-electron chi connectivity index (χ2n) is 5.95. The van der Waals surface area contributed by atoms with E-state index in [4.69, 9.17) is 26.6 Å². The molecule has 0 aliphatic heterocycles. The summed E-state index contributed by atoms with van der Waals surface area (Å²) >= 11 is 0. The summed E-state index contributed by atoms with van der Waals surface area (Å²) in [6.45, 7) is 15.8. The van der Waals surface area contributed by atoms with Crippen molar-refractivity contribution in [3.05, 3.63) is 0 Å². The number of hydrogen-bond acceptors (Lipinski definition) is 10. The van der Waals surface area contributed by atoms with E-state index in [-0.39, 0.29) is 7.43 Å². The molecule has 0 saturated heterocycles. The molecule has 0 bridgehead atoms. The summed E-state index contributed by atoms with van der Waals surface area (Å²) in [6.07, 6.45) is 2.08. The van der Waals surface area contributed by atoms with Gasteiger partial charge in [-0.3, -0.25) is 0 Å². The molecule has 0 unspecified atom stereocenters. The van der Waals surface area contributed by atoms with E-state index in [1.165, 1.54) is 0 Å². The Labute approximate surface area is 209 Å². The van der Waals surface area contributed by atoms with Gasteiger partial charge in [0.15, 0.2) is 0 Å². The molecule has 0 aliphatic rings. The van der Waals surface area contributed by atoms with Crippen LogP contribution in [0.1, 0.15) is 61.8 Å². The molecule has 31 heavy (non-hydrogen) atoms. The van der Waals surface area contributed by atoms with Crippen LogP contribution in [0.3, 0.4) is 0 Å². The summed E-state index contributed by atoms with van der Waals surface area (Å²) in [4.78, 5) is 0. The summed E-state index contributed by atoms with van der Waals surface area (Å²) in [7, 11) is 2.48. The second kappa shape index (κ2) is 23.3. The van der Waals surface area contributed by atoms with Crippen molar-refractivity contribution in [3.8, 4) is 0 Å². The zero-order valence-electron chi connectivity index (χ0n) is 19.6. The van der Waals surface area contributed by atoms with E-state index >= 15 is 0 Å². The molecule has 0 saturated carbocycles.